The fourth-order valence-electron chi connectivity index (χ4n) is 1.39. The molecule has 1 unspecified atom stereocenters. The van der Waals surface area contributed by atoms with Crippen LogP contribution < -0.4 is 5.73 Å². The molecule has 0 saturated carbocycles. The Hall–Kier alpha value is -1.40. The summed E-state index contributed by atoms with van der Waals surface area (Å²) in [6.07, 6.45) is 1.61. The summed E-state index contributed by atoms with van der Waals surface area (Å²) in [6.45, 7) is 0. The lowest BCUT2D eigenvalue weighted by atomic mass is 10.0. The van der Waals surface area contributed by atoms with E-state index in [1.54, 1.807) is 0 Å². The number of nitrogens with two attached hydrogens (primary N) is 1. The maximum atomic E-state index is 13.3. The molecule has 2 rings (SSSR count). The number of hydrogen-bond acceptors (Lipinski definition) is 4. The first kappa shape index (κ1) is 11.1. The van der Waals surface area contributed by atoms with Gasteiger partial charge in [-0.3, -0.25) is 0 Å². The second-order valence-electron chi connectivity index (χ2n) is 3.33. The minimum Gasteiger partial charge on any atom is -0.323 e. The van der Waals surface area contributed by atoms with Gasteiger partial charge >= 0.3 is 0 Å². The van der Waals surface area contributed by atoms with Crippen LogP contribution in [0.15, 0.2) is 24.4 Å². The van der Waals surface area contributed by atoms with E-state index in [-0.39, 0.29) is 12.0 Å². The molecule has 0 bridgehead atoms. The number of aromatic nitrogens is 2. The minimum atomic E-state index is -0.576. The van der Waals surface area contributed by atoms with E-state index in [0.717, 1.165) is 11.5 Å². The number of halogens is 2. The van der Waals surface area contributed by atoms with Gasteiger partial charge in [-0.2, -0.15) is 0 Å². The molecule has 16 heavy (non-hydrogen) atoms. The van der Waals surface area contributed by atoms with Crippen LogP contribution in [0, 0.1) is 11.6 Å². The average Bonchev–Trinajstić information content (AvgIpc) is 2.76. The maximum absolute atomic E-state index is 13.3. The van der Waals surface area contributed by atoms with Crippen molar-refractivity contribution < 1.29 is 8.78 Å². The van der Waals surface area contributed by atoms with E-state index < -0.39 is 17.7 Å². The van der Waals surface area contributed by atoms with Crippen molar-refractivity contribution in [2.75, 3.05) is 0 Å². The molecule has 1 aromatic heterocycles. The van der Waals surface area contributed by atoms with Crippen LogP contribution in [-0.2, 0) is 6.42 Å². The third-order valence-electron chi connectivity index (χ3n) is 2.23. The summed E-state index contributed by atoms with van der Waals surface area (Å²) >= 11 is 1.13. The molecule has 0 radical (unpaired) electrons. The Morgan fingerprint density at radius 2 is 2.00 bits per heavy atom. The lowest BCUT2D eigenvalue weighted by molar-refractivity contribution is 0.541. The smallest absolute Gasteiger partial charge is 0.129 e. The minimum absolute atomic E-state index is 0.00315. The van der Waals surface area contributed by atoms with Gasteiger partial charge in [-0.05, 0) is 30.1 Å². The lowest BCUT2D eigenvalue weighted by Crippen LogP contribution is -2.13. The van der Waals surface area contributed by atoms with Gasteiger partial charge in [-0.25, -0.2) is 8.78 Å². The van der Waals surface area contributed by atoms with Gasteiger partial charge in [0, 0.05) is 11.6 Å². The highest BCUT2D eigenvalue weighted by Gasteiger charge is 2.15. The molecule has 0 aliphatic heterocycles. The van der Waals surface area contributed by atoms with Crippen LogP contribution in [0.2, 0.25) is 0 Å². The topological polar surface area (TPSA) is 51.8 Å². The third-order valence-corrected chi connectivity index (χ3v) is 3.02. The summed E-state index contributed by atoms with van der Waals surface area (Å²) in [5.41, 5.74) is 5.81. The molecule has 0 amide bonds. The van der Waals surface area contributed by atoms with E-state index in [9.17, 15) is 8.78 Å². The van der Waals surface area contributed by atoms with Crippen molar-refractivity contribution in [1.82, 2.24) is 9.59 Å². The number of rotatable bonds is 3. The Bertz CT molecular complexity index is 453. The lowest BCUT2D eigenvalue weighted by Gasteiger charge is -2.09. The first-order valence-corrected chi connectivity index (χ1v) is 5.41. The molecule has 1 aromatic carbocycles. The number of hydrogen-bond donors (Lipinski definition) is 1. The Morgan fingerprint density at radius 1 is 1.31 bits per heavy atom. The maximum Gasteiger partial charge on any atom is 0.129 e. The van der Waals surface area contributed by atoms with E-state index in [2.05, 4.69) is 9.59 Å². The van der Waals surface area contributed by atoms with Gasteiger partial charge in [-0.15, -0.1) is 5.10 Å². The Labute approximate surface area is 95.1 Å². The van der Waals surface area contributed by atoms with Crippen molar-refractivity contribution in [2.24, 2.45) is 5.73 Å². The van der Waals surface area contributed by atoms with E-state index in [1.165, 1.54) is 24.4 Å². The average molecular weight is 241 g/mol. The highest BCUT2D eigenvalue weighted by Crippen LogP contribution is 2.21. The number of nitrogens with zero attached hydrogens (tertiary/aromatic N) is 2. The van der Waals surface area contributed by atoms with Gasteiger partial charge < -0.3 is 5.73 Å². The van der Waals surface area contributed by atoms with Crippen molar-refractivity contribution in [3.63, 3.8) is 0 Å². The second kappa shape index (κ2) is 4.63. The van der Waals surface area contributed by atoms with Gasteiger partial charge in [-0.1, -0.05) is 10.6 Å². The van der Waals surface area contributed by atoms with Crippen molar-refractivity contribution in [1.29, 1.82) is 0 Å². The highest BCUT2D eigenvalue weighted by molar-refractivity contribution is 7.05. The van der Waals surface area contributed by atoms with Gasteiger partial charge in [0.25, 0.3) is 0 Å². The largest absolute Gasteiger partial charge is 0.323 e. The molecular formula is C10H9F2N3S. The quantitative estimate of drug-likeness (QED) is 0.894. The van der Waals surface area contributed by atoms with E-state index >= 15 is 0 Å². The predicted octanol–water partition coefficient (Wildman–Crippen LogP) is 2.06. The van der Waals surface area contributed by atoms with Crippen LogP contribution in [0.1, 0.15) is 16.5 Å². The third kappa shape index (κ3) is 2.23. The van der Waals surface area contributed by atoms with Crippen LogP contribution in [0.5, 0.6) is 0 Å². The zero-order valence-electron chi connectivity index (χ0n) is 8.23. The fraction of sp³-hybridized carbons (Fsp3) is 0.200. The van der Waals surface area contributed by atoms with E-state index in [1.807, 2.05) is 0 Å². The molecule has 2 N–H and O–H groups in total. The molecule has 84 valence electrons. The molecule has 3 nitrogen and oxygen atoms in total. The zero-order chi connectivity index (χ0) is 11.5. The van der Waals surface area contributed by atoms with Crippen LogP contribution >= 0.6 is 11.5 Å². The van der Waals surface area contributed by atoms with Crippen LogP contribution in [-0.4, -0.2) is 9.59 Å². The molecule has 1 atom stereocenters. The van der Waals surface area contributed by atoms with Crippen molar-refractivity contribution in [3.05, 3.63) is 46.5 Å². The van der Waals surface area contributed by atoms with Gasteiger partial charge in [0.1, 0.15) is 11.6 Å². The van der Waals surface area contributed by atoms with Gasteiger partial charge in [0.05, 0.1) is 11.1 Å². The van der Waals surface area contributed by atoms with Gasteiger partial charge in [0.2, 0.25) is 0 Å². The summed E-state index contributed by atoms with van der Waals surface area (Å²) < 4.78 is 30.3. The van der Waals surface area contributed by atoms with Crippen LogP contribution in [0.25, 0.3) is 0 Å². The monoisotopic (exact) mass is 241 g/mol. The molecule has 1 heterocycles. The summed E-state index contributed by atoms with van der Waals surface area (Å²) in [4.78, 5) is 0.711. The molecule has 0 aliphatic carbocycles. The van der Waals surface area contributed by atoms with Crippen molar-refractivity contribution >= 4 is 11.5 Å². The van der Waals surface area contributed by atoms with Crippen molar-refractivity contribution in [3.8, 4) is 0 Å². The predicted molar refractivity (Wildman–Crippen MR) is 56.9 cm³/mol. The Balaban J connectivity index is 2.21. The summed E-state index contributed by atoms with van der Waals surface area (Å²) in [7, 11) is 0. The first-order chi connectivity index (χ1) is 7.68. The summed E-state index contributed by atoms with van der Waals surface area (Å²) in [6, 6.07) is 3.28. The molecule has 0 saturated heterocycles. The van der Waals surface area contributed by atoms with E-state index in [4.69, 9.17) is 5.73 Å². The second-order valence-corrected chi connectivity index (χ2v) is 4.15. The standard InChI is InChI=1S/C10H9F2N3S/c11-7-2-1-3-8(12)6(7)4-9(13)10-5-14-15-16-10/h1-3,5,9H,4,13H2. The molecule has 0 spiro atoms. The SMILES string of the molecule is NC(Cc1c(F)cccc1F)c1cnns1. The molecule has 0 aliphatic rings. The first-order valence-electron chi connectivity index (χ1n) is 4.64. The highest BCUT2D eigenvalue weighted by atomic mass is 32.1. The number of benzene rings is 1. The Morgan fingerprint density at radius 3 is 2.56 bits per heavy atom. The molecule has 0 fully saturated rings. The van der Waals surface area contributed by atoms with Gasteiger partial charge in [0.15, 0.2) is 0 Å². The molecular weight excluding hydrogens is 232 g/mol. The van der Waals surface area contributed by atoms with Crippen molar-refractivity contribution in [2.45, 2.75) is 12.5 Å². The normalized spacial score (nSPS) is 12.7. The fourth-order valence-corrected chi connectivity index (χ4v) is 1.89. The van der Waals surface area contributed by atoms with Crippen LogP contribution in [0.4, 0.5) is 8.78 Å². The summed E-state index contributed by atoms with van der Waals surface area (Å²) in [5, 5.41) is 3.63. The Kier molecular flexibility index (Phi) is 3.21. The summed E-state index contributed by atoms with van der Waals surface area (Å²) in [5.74, 6) is -1.15. The van der Waals surface area contributed by atoms with Crippen LogP contribution in [0.3, 0.4) is 0 Å². The molecule has 6 heteroatoms. The zero-order valence-corrected chi connectivity index (χ0v) is 9.05. The molecule has 2 aromatic rings. The van der Waals surface area contributed by atoms with E-state index in [0.29, 0.717) is 4.88 Å².